The topological polar surface area (TPSA) is 108 Å². The predicted molar refractivity (Wildman–Crippen MR) is 148 cm³/mol. The van der Waals surface area contributed by atoms with Crippen molar-refractivity contribution in [3.63, 3.8) is 0 Å². The highest BCUT2D eigenvalue weighted by Crippen LogP contribution is 2.44. The van der Waals surface area contributed by atoms with E-state index in [1.807, 2.05) is 57.2 Å². The minimum absolute atomic E-state index is 0.00893. The molecule has 2 N–H and O–H groups in total. The van der Waals surface area contributed by atoms with Crippen molar-refractivity contribution < 1.29 is 23.4 Å². The van der Waals surface area contributed by atoms with Crippen LogP contribution in [0.5, 0.6) is 17.2 Å². The van der Waals surface area contributed by atoms with Crippen LogP contribution in [0.2, 0.25) is 0 Å². The molecule has 1 aliphatic heterocycles. The summed E-state index contributed by atoms with van der Waals surface area (Å²) in [5, 5.41) is 10.8. The number of rotatable bonds is 7. The maximum atomic E-state index is 13.1. The third-order valence-corrected chi connectivity index (χ3v) is 7.10. The Labute approximate surface area is 227 Å². The van der Waals surface area contributed by atoms with Gasteiger partial charge in [-0.25, -0.2) is 4.79 Å². The van der Waals surface area contributed by atoms with Crippen molar-refractivity contribution in [3.8, 4) is 23.3 Å². The Hall–Kier alpha value is -4.70. The van der Waals surface area contributed by atoms with Crippen LogP contribution < -0.4 is 19.9 Å². The average molecular weight is 523 g/mol. The van der Waals surface area contributed by atoms with Gasteiger partial charge in [-0.05, 0) is 74.2 Å². The number of nitriles is 1. The Morgan fingerprint density at radius 1 is 1.05 bits per heavy atom. The van der Waals surface area contributed by atoms with Gasteiger partial charge in [-0.1, -0.05) is 31.5 Å². The van der Waals surface area contributed by atoms with Crippen LogP contribution in [0.25, 0.3) is 11.0 Å². The van der Waals surface area contributed by atoms with Crippen molar-refractivity contribution in [2.75, 3.05) is 6.61 Å². The van der Waals surface area contributed by atoms with E-state index in [1.54, 1.807) is 18.2 Å². The summed E-state index contributed by atoms with van der Waals surface area (Å²) in [6, 6.07) is 18.8. The van der Waals surface area contributed by atoms with Crippen LogP contribution >= 0.6 is 0 Å². The summed E-state index contributed by atoms with van der Waals surface area (Å²) in [6.45, 7) is 8.58. The van der Waals surface area contributed by atoms with E-state index in [2.05, 4.69) is 13.0 Å². The zero-order chi connectivity index (χ0) is 27.7. The number of aryl methyl sites for hydroxylation is 3. The van der Waals surface area contributed by atoms with Gasteiger partial charge in [-0.2, -0.15) is 5.26 Å². The van der Waals surface area contributed by atoms with Crippen LogP contribution in [-0.4, -0.2) is 12.6 Å². The van der Waals surface area contributed by atoms with Gasteiger partial charge in [-0.3, -0.25) is 0 Å². The molecule has 0 saturated carbocycles. The van der Waals surface area contributed by atoms with E-state index in [9.17, 15) is 10.1 Å². The van der Waals surface area contributed by atoms with Crippen molar-refractivity contribution in [2.24, 2.45) is 5.73 Å². The van der Waals surface area contributed by atoms with Gasteiger partial charge in [0.05, 0.1) is 12.5 Å². The summed E-state index contributed by atoms with van der Waals surface area (Å²) in [7, 11) is 0. The quantitative estimate of drug-likeness (QED) is 0.159. The van der Waals surface area contributed by atoms with Crippen molar-refractivity contribution in [2.45, 2.75) is 46.5 Å². The molecule has 0 spiro atoms. The summed E-state index contributed by atoms with van der Waals surface area (Å²) < 4.78 is 23.2. The van der Waals surface area contributed by atoms with Crippen molar-refractivity contribution >= 4 is 16.9 Å². The molecule has 0 aliphatic carbocycles. The molecule has 1 aliphatic rings. The molecule has 1 atom stereocenters. The van der Waals surface area contributed by atoms with Crippen molar-refractivity contribution in [3.05, 3.63) is 99.6 Å². The number of allylic oxidation sites excluding steroid dienone is 1. The normalized spacial score (nSPS) is 14.5. The predicted octanol–water partition coefficient (Wildman–Crippen LogP) is 6.97. The van der Waals surface area contributed by atoms with E-state index in [-0.39, 0.29) is 17.4 Å². The first kappa shape index (κ1) is 25.9. The van der Waals surface area contributed by atoms with Crippen LogP contribution in [0.4, 0.5) is 0 Å². The highest BCUT2D eigenvalue weighted by molar-refractivity contribution is 5.97. The second kappa shape index (κ2) is 10.6. The van der Waals surface area contributed by atoms with Crippen molar-refractivity contribution in [1.29, 1.82) is 5.26 Å². The van der Waals surface area contributed by atoms with Crippen LogP contribution in [0.15, 0.2) is 70.5 Å². The van der Waals surface area contributed by atoms with E-state index in [0.29, 0.717) is 23.5 Å². The Morgan fingerprint density at radius 3 is 2.62 bits per heavy atom. The van der Waals surface area contributed by atoms with E-state index >= 15 is 0 Å². The van der Waals surface area contributed by atoms with Gasteiger partial charge in [0, 0.05) is 22.6 Å². The number of ether oxygens (including phenoxy) is 3. The lowest BCUT2D eigenvalue weighted by molar-refractivity contribution is 0.0702. The van der Waals surface area contributed by atoms with Gasteiger partial charge in [-0.15, -0.1) is 0 Å². The summed E-state index contributed by atoms with van der Waals surface area (Å²) in [6.07, 6.45) is 1.99. The standard InChI is InChI=1S/C32H30N2O5/c1-5-6-12-36-22-9-7-8-21(15-22)29-24-11-10-23(16-28(24)39-31(34)26(29)17-33)37-32(35)30-20(4)25-13-18(2)19(3)14-27(25)38-30/h7-11,13-16,29H,5-6,12,34H2,1-4H3. The molecule has 2 heterocycles. The molecule has 1 aromatic heterocycles. The molecular formula is C32H30N2O5. The average Bonchev–Trinajstić information content (AvgIpc) is 3.23. The largest absolute Gasteiger partial charge is 0.494 e. The van der Waals surface area contributed by atoms with Crippen LogP contribution in [0.1, 0.15) is 64.1 Å². The molecule has 5 rings (SSSR count). The maximum absolute atomic E-state index is 13.1. The number of carbonyl (C=O) groups is 1. The number of nitrogens with zero attached hydrogens (tertiary/aromatic N) is 1. The van der Waals surface area contributed by atoms with E-state index in [4.69, 9.17) is 24.4 Å². The molecule has 0 bridgehead atoms. The number of carbonyl (C=O) groups excluding carboxylic acids is 1. The Morgan fingerprint density at radius 2 is 1.85 bits per heavy atom. The fourth-order valence-electron chi connectivity index (χ4n) is 4.78. The number of unbranched alkanes of at least 4 members (excludes halogenated alkanes) is 1. The third-order valence-electron chi connectivity index (χ3n) is 7.10. The molecule has 39 heavy (non-hydrogen) atoms. The molecule has 4 aromatic rings. The van der Waals surface area contributed by atoms with Gasteiger partial charge in [0.1, 0.15) is 34.5 Å². The lowest BCUT2D eigenvalue weighted by Gasteiger charge is -2.27. The molecule has 1 unspecified atom stereocenters. The number of hydrogen-bond donors (Lipinski definition) is 1. The number of esters is 1. The van der Waals surface area contributed by atoms with Gasteiger partial charge < -0.3 is 24.4 Å². The zero-order valence-corrected chi connectivity index (χ0v) is 22.5. The van der Waals surface area contributed by atoms with Gasteiger partial charge in [0.25, 0.3) is 0 Å². The molecule has 198 valence electrons. The first-order valence-electron chi connectivity index (χ1n) is 13.0. The monoisotopic (exact) mass is 522 g/mol. The van der Waals surface area contributed by atoms with Crippen molar-refractivity contribution in [1.82, 2.24) is 0 Å². The highest BCUT2D eigenvalue weighted by Gasteiger charge is 2.31. The number of nitrogens with two attached hydrogens (primary N) is 1. The summed E-state index contributed by atoms with van der Waals surface area (Å²) >= 11 is 0. The number of furan rings is 1. The Bertz CT molecular complexity index is 1660. The minimum Gasteiger partial charge on any atom is -0.494 e. The number of fused-ring (bicyclic) bond motifs is 2. The van der Waals surface area contributed by atoms with Gasteiger partial charge in [0.15, 0.2) is 0 Å². The summed E-state index contributed by atoms with van der Waals surface area (Å²) in [5.74, 6) is 0.502. The summed E-state index contributed by atoms with van der Waals surface area (Å²) in [5.41, 5.74) is 11.6. The lowest BCUT2D eigenvalue weighted by Crippen LogP contribution is -2.21. The number of hydrogen-bond acceptors (Lipinski definition) is 7. The second-order valence-corrected chi connectivity index (χ2v) is 9.78. The van der Waals surface area contributed by atoms with Gasteiger partial charge in [0.2, 0.25) is 11.6 Å². The fraction of sp³-hybridized carbons (Fsp3) is 0.250. The fourth-order valence-corrected chi connectivity index (χ4v) is 4.78. The third kappa shape index (κ3) is 4.94. The van der Waals surface area contributed by atoms with E-state index in [1.165, 1.54) is 0 Å². The first-order valence-corrected chi connectivity index (χ1v) is 13.0. The zero-order valence-electron chi connectivity index (χ0n) is 22.5. The molecule has 3 aromatic carbocycles. The second-order valence-electron chi connectivity index (χ2n) is 9.78. The molecule has 0 saturated heterocycles. The summed E-state index contributed by atoms with van der Waals surface area (Å²) in [4.78, 5) is 13.1. The van der Waals surface area contributed by atoms with E-state index < -0.39 is 11.9 Å². The SMILES string of the molecule is CCCCOc1cccc(C2C(C#N)=C(N)Oc3cc(OC(=O)c4oc5cc(C)c(C)cc5c4C)ccc32)c1. The lowest BCUT2D eigenvalue weighted by atomic mass is 9.83. The molecule has 0 radical (unpaired) electrons. The molecule has 0 fully saturated rings. The minimum atomic E-state index is -0.607. The van der Waals surface area contributed by atoms with E-state index in [0.717, 1.165) is 51.8 Å². The first-order chi connectivity index (χ1) is 18.8. The highest BCUT2D eigenvalue weighted by atomic mass is 16.5. The Kier molecular flexibility index (Phi) is 7.03. The molecule has 7 nitrogen and oxygen atoms in total. The van der Waals surface area contributed by atoms with Crippen LogP contribution in [0, 0.1) is 32.1 Å². The number of benzene rings is 3. The van der Waals surface area contributed by atoms with Crippen LogP contribution in [-0.2, 0) is 0 Å². The van der Waals surface area contributed by atoms with Gasteiger partial charge >= 0.3 is 5.97 Å². The smallest absolute Gasteiger partial charge is 0.379 e. The molecule has 0 amide bonds. The molecule has 7 heteroatoms. The maximum Gasteiger partial charge on any atom is 0.379 e. The Balaban J connectivity index is 1.45. The molecular weight excluding hydrogens is 492 g/mol. The van der Waals surface area contributed by atoms with Crippen LogP contribution in [0.3, 0.4) is 0 Å².